The molecular formula is C16H16Cl2N2O. The number of anilines is 1. The van der Waals surface area contributed by atoms with Crippen LogP contribution < -0.4 is 10.6 Å². The third kappa shape index (κ3) is 4.46. The Morgan fingerprint density at radius 2 is 1.90 bits per heavy atom. The number of carbonyl (C=O) groups excluding carboxylic acids is 1. The zero-order chi connectivity index (χ0) is 15.2. The molecular weight excluding hydrogens is 307 g/mol. The molecule has 2 N–H and O–H groups in total. The predicted octanol–water partition coefficient (Wildman–Crippen LogP) is 4.36. The molecule has 2 aromatic carbocycles. The van der Waals surface area contributed by atoms with Gasteiger partial charge in [0, 0.05) is 17.8 Å². The van der Waals surface area contributed by atoms with Crippen molar-refractivity contribution in [2.75, 3.05) is 11.9 Å². The third-order valence-corrected chi connectivity index (χ3v) is 3.68. The van der Waals surface area contributed by atoms with Gasteiger partial charge < -0.3 is 10.6 Å². The van der Waals surface area contributed by atoms with Gasteiger partial charge >= 0.3 is 0 Å². The van der Waals surface area contributed by atoms with Crippen molar-refractivity contribution in [2.24, 2.45) is 0 Å². The molecule has 0 heterocycles. The molecule has 5 heteroatoms. The highest BCUT2D eigenvalue weighted by Gasteiger charge is 2.08. The minimum atomic E-state index is -0.214. The molecule has 0 atom stereocenters. The van der Waals surface area contributed by atoms with Gasteiger partial charge in [-0.15, -0.1) is 0 Å². The molecule has 0 radical (unpaired) electrons. The second-order valence-corrected chi connectivity index (χ2v) is 5.38. The molecule has 0 unspecified atom stereocenters. The average Bonchev–Trinajstić information content (AvgIpc) is 2.48. The van der Waals surface area contributed by atoms with Crippen molar-refractivity contribution in [2.45, 2.75) is 13.5 Å². The summed E-state index contributed by atoms with van der Waals surface area (Å²) in [5.74, 6) is -0.214. The molecule has 110 valence electrons. The largest absolute Gasteiger partial charge is 0.322 e. The molecule has 1 amide bonds. The van der Waals surface area contributed by atoms with Gasteiger partial charge in [0.1, 0.15) is 0 Å². The molecule has 0 aliphatic carbocycles. The summed E-state index contributed by atoms with van der Waals surface area (Å²) in [6, 6.07) is 12.5. The first-order chi connectivity index (χ1) is 10.1. The maximum Gasteiger partial charge on any atom is 0.255 e. The summed E-state index contributed by atoms with van der Waals surface area (Å²) in [5.41, 5.74) is 2.34. The van der Waals surface area contributed by atoms with Crippen LogP contribution in [-0.4, -0.2) is 12.5 Å². The summed E-state index contributed by atoms with van der Waals surface area (Å²) < 4.78 is 0. The zero-order valence-corrected chi connectivity index (χ0v) is 13.1. The summed E-state index contributed by atoms with van der Waals surface area (Å²) in [7, 11) is 0. The van der Waals surface area contributed by atoms with Crippen molar-refractivity contribution >= 4 is 34.8 Å². The number of nitrogens with one attached hydrogen (secondary N) is 2. The third-order valence-electron chi connectivity index (χ3n) is 2.95. The lowest BCUT2D eigenvalue weighted by Gasteiger charge is -2.08. The number of halogens is 2. The molecule has 21 heavy (non-hydrogen) atoms. The first-order valence-electron chi connectivity index (χ1n) is 6.66. The Hall–Kier alpha value is -1.55. The van der Waals surface area contributed by atoms with E-state index in [9.17, 15) is 4.79 Å². The van der Waals surface area contributed by atoms with Crippen LogP contribution in [0.15, 0.2) is 42.5 Å². The van der Waals surface area contributed by atoms with E-state index in [1.54, 1.807) is 18.2 Å². The van der Waals surface area contributed by atoms with Crippen LogP contribution in [0.2, 0.25) is 10.0 Å². The number of carbonyl (C=O) groups is 1. The van der Waals surface area contributed by atoms with Crippen LogP contribution in [0.3, 0.4) is 0 Å². The summed E-state index contributed by atoms with van der Waals surface area (Å²) in [6.45, 7) is 3.72. The lowest BCUT2D eigenvalue weighted by Crippen LogP contribution is -2.14. The van der Waals surface area contributed by atoms with E-state index in [-0.39, 0.29) is 5.91 Å². The van der Waals surface area contributed by atoms with Crippen LogP contribution in [0.4, 0.5) is 5.69 Å². The monoisotopic (exact) mass is 322 g/mol. The number of hydrogen-bond acceptors (Lipinski definition) is 2. The van der Waals surface area contributed by atoms with Crippen LogP contribution >= 0.6 is 23.2 Å². The van der Waals surface area contributed by atoms with Gasteiger partial charge in [0.15, 0.2) is 0 Å². The Labute approximate surface area is 134 Å². The van der Waals surface area contributed by atoms with Crippen molar-refractivity contribution in [1.29, 1.82) is 0 Å². The van der Waals surface area contributed by atoms with E-state index in [0.717, 1.165) is 24.3 Å². The van der Waals surface area contributed by atoms with E-state index in [1.165, 1.54) is 0 Å². The Kier molecular flexibility index (Phi) is 5.62. The number of hydrogen-bond donors (Lipinski definition) is 2. The van der Waals surface area contributed by atoms with Gasteiger partial charge in [-0.3, -0.25) is 4.79 Å². The van der Waals surface area contributed by atoms with Crippen molar-refractivity contribution in [3.8, 4) is 0 Å². The van der Waals surface area contributed by atoms with E-state index < -0.39 is 0 Å². The van der Waals surface area contributed by atoms with Crippen molar-refractivity contribution in [3.05, 3.63) is 63.6 Å². The highest BCUT2D eigenvalue weighted by molar-refractivity contribution is 6.42. The molecule has 0 aliphatic rings. The average molecular weight is 323 g/mol. The molecule has 0 fully saturated rings. The highest BCUT2D eigenvalue weighted by atomic mass is 35.5. The van der Waals surface area contributed by atoms with Gasteiger partial charge in [0.25, 0.3) is 5.91 Å². The number of amides is 1. The number of rotatable bonds is 5. The lowest BCUT2D eigenvalue weighted by atomic mass is 10.1. The van der Waals surface area contributed by atoms with Crippen LogP contribution in [0.5, 0.6) is 0 Å². The molecule has 0 spiro atoms. The highest BCUT2D eigenvalue weighted by Crippen LogP contribution is 2.23. The maximum absolute atomic E-state index is 12.2. The van der Waals surface area contributed by atoms with E-state index in [4.69, 9.17) is 23.2 Å². The van der Waals surface area contributed by atoms with Gasteiger partial charge in [-0.1, -0.05) is 42.3 Å². The normalized spacial score (nSPS) is 10.4. The molecule has 2 aromatic rings. The summed E-state index contributed by atoms with van der Waals surface area (Å²) in [4.78, 5) is 12.2. The molecule has 3 nitrogen and oxygen atoms in total. The standard InChI is InChI=1S/C16H16Cl2N2O/c1-2-19-10-11-4-3-5-13(8-11)20-16(21)12-6-7-14(17)15(18)9-12/h3-9,19H,2,10H2,1H3,(H,20,21). The van der Waals surface area contributed by atoms with Gasteiger partial charge in [-0.25, -0.2) is 0 Å². The molecule has 0 aliphatic heterocycles. The topological polar surface area (TPSA) is 41.1 Å². The lowest BCUT2D eigenvalue weighted by molar-refractivity contribution is 0.102. The fraction of sp³-hybridized carbons (Fsp3) is 0.188. The fourth-order valence-electron chi connectivity index (χ4n) is 1.87. The molecule has 0 bridgehead atoms. The molecule has 2 rings (SSSR count). The maximum atomic E-state index is 12.2. The van der Waals surface area contributed by atoms with Crippen molar-refractivity contribution in [1.82, 2.24) is 5.32 Å². The summed E-state index contributed by atoms with van der Waals surface area (Å²) >= 11 is 11.8. The predicted molar refractivity (Wildman–Crippen MR) is 88.2 cm³/mol. The second kappa shape index (κ2) is 7.46. The Bertz CT molecular complexity index is 644. The van der Waals surface area contributed by atoms with Crippen LogP contribution in [0.1, 0.15) is 22.8 Å². The first kappa shape index (κ1) is 15.8. The summed E-state index contributed by atoms with van der Waals surface area (Å²) in [5, 5.41) is 6.90. The smallest absolute Gasteiger partial charge is 0.255 e. The van der Waals surface area contributed by atoms with Gasteiger partial charge in [-0.05, 0) is 42.4 Å². The SMILES string of the molecule is CCNCc1cccc(NC(=O)c2ccc(Cl)c(Cl)c2)c1. The van der Waals surface area contributed by atoms with E-state index in [0.29, 0.717) is 15.6 Å². The van der Waals surface area contributed by atoms with E-state index >= 15 is 0 Å². The Morgan fingerprint density at radius 3 is 2.62 bits per heavy atom. The summed E-state index contributed by atoms with van der Waals surface area (Å²) in [6.07, 6.45) is 0. The minimum Gasteiger partial charge on any atom is -0.322 e. The first-order valence-corrected chi connectivity index (χ1v) is 7.42. The quantitative estimate of drug-likeness (QED) is 0.858. The molecule has 0 aromatic heterocycles. The van der Waals surface area contributed by atoms with Crippen molar-refractivity contribution < 1.29 is 4.79 Å². The second-order valence-electron chi connectivity index (χ2n) is 4.56. The zero-order valence-electron chi connectivity index (χ0n) is 11.6. The van der Waals surface area contributed by atoms with Gasteiger partial charge in [-0.2, -0.15) is 0 Å². The van der Waals surface area contributed by atoms with Crippen molar-refractivity contribution in [3.63, 3.8) is 0 Å². The fourth-order valence-corrected chi connectivity index (χ4v) is 2.17. The molecule has 0 saturated carbocycles. The Morgan fingerprint density at radius 1 is 1.10 bits per heavy atom. The van der Waals surface area contributed by atoms with E-state index in [2.05, 4.69) is 17.6 Å². The van der Waals surface area contributed by atoms with Gasteiger partial charge in [0.05, 0.1) is 10.0 Å². The minimum absolute atomic E-state index is 0.214. The number of benzene rings is 2. The molecule has 0 saturated heterocycles. The van der Waals surface area contributed by atoms with Crippen LogP contribution in [-0.2, 0) is 6.54 Å². The van der Waals surface area contributed by atoms with E-state index in [1.807, 2.05) is 24.3 Å². The Balaban J connectivity index is 2.10. The van der Waals surface area contributed by atoms with Gasteiger partial charge in [0.2, 0.25) is 0 Å². The van der Waals surface area contributed by atoms with Crippen LogP contribution in [0.25, 0.3) is 0 Å². The van der Waals surface area contributed by atoms with Crippen LogP contribution in [0, 0.1) is 0 Å².